The highest BCUT2D eigenvalue weighted by molar-refractivity contribution is 5.84. The maximum absolute atomic E-state index is 12.3. The molecule has 120 valence electrons. The third kappa shape index (κ3) is 4.00. The molecule has 0 fully saturated rings. The Morgan fingerprint density at radius 2 is 2.18 bits per heavy atom. The zero-order valence-electron chi connectivity index (χ0n) is 13.5. The molecule has 1 N–H and O–H groups in total. The lowest BCUT2D eigenvalue weighted by atomic mass is 9.96. The van der Waals surface area contributed by atoms with E-state index in [-0.39, 0.29) is 18.4 Å². The van der Waals surface area contributed by atoms with Crippen LogP contribution in [0.4, 0.5) is 5.69 Å². The van der Waals surface area contributed by atoms with Crippen molar-refractivity contribution in [1.29, 1.82) is 0 Å². The van der Waals surface area contributed by atoms with Crippen LogP contribution >= 0.6 is 0 Å². The molecule has 0 unspecified atom stereocenters. The SMILES string of the molecule is CCOC(=O)CNc1cccc2c1CC(=O)N(CC(C)C)C2. The summed E-state index contributed by atoms with van der Waals surface area (Å²) in [6, 6.07) is 5.91. The molecule has 2 rings (SSSR count). The first-order valence-corrected chi connectivity index (χ1v) is 7.79. The fourth-order valence-corrected chi connectivity index (χ4v) is 2.70. The van der Waals surface area contributed by atoms with E-state index in [0.717, 1.165) is 23.4 Å². The van der Waals surface area contributed by atoms with Gasteiger partial charge >= 0.3 is 5.97 Å². The lowest BCUT2D eigenvalue weighted by Gasteiger charge is -2.31. The van der Waals surface area contributed by atoms with Crippen LogP contribution in [0.25, 0.3) is 0 Å². The second-order valence-electron chi connectivity index (χ2n) is 5.95. The maximum atomic E-state index is 12.3. The van der Waals surface area contributed by atoms with E-state index in [2.05, 4.69) is 19.2 Å². The van der Waals surface area contributed by atoms with E-state index in [1.54, 1.807) is 6.92 Å². The van der Waals surface area contributed by atoms with Gasteiger partial charge in [0.25, 0.3) is 0 Å². The molecule has 0 bridgehead atoms. The number of carbonyl (C=O) groups is 2. The van der Waals surface area contributed by atoms with E-state index in [0.29, 0.717) is 25.5 Å². The second-order valence-corrected chi connectivity index (χ2v) is 5.95. The number of hydrogen-bond acceptors (Lipinski definition) is 4. The summed E-state index contributed by atoms with van der Waals surface area (Å²) in [5, 5.41) is 3.09. The van der Waals surface area contributed by atoms with Gasteiger partial charge < -0.3 is 15.0 Å². The highest BCUT2D eigenvalue weighted by Gasteiger charge is 2.25. The number of amides is 1. The standard InChI is InChI=1S/C17H24N2O3/c1-4-22-17(21)9-18-15-7-5-6-13-11-19(10-12(2)3)16(20)8-14(13)15/h5-7,12,18H,4,8-11H2,1-3H3. The molecule has 1 amide bonds. The van der Waals surface area contributed by atoms with Gasteiger partial charge in [0.2, 0.25) is 5.91 Å². The van der Waals surface area contributed by atoms with Crippen molar-refractivity contribution < 1.29 is 14.3 Å². The number of nitrogens with one attached hydrogen (secondary N) is 1. The van der Waals surface area contributed by atoms with Crippen LogP contribution in [0.1, 0.15) is 31.9 Å². The molecule has 0 saturated carbocycles. The van der Waals surface area contributed by atoms with Crippen molar-refractivity contribution in [2.45, 2.75) is 33.7 Å². The molecular weight excluding hydrogens is 280 g/mol. The number of anilines is 1. The largest absolute Gasteiger partial charge is 0.465 e. The first kappa shape index (κ1) is 16.3. The first-order valence-electron chi connectivity index (χ1n) is 7.79. The zero-order valence-corrected chi connectivity index (χ0v) is 13.5. The third-order valence-corrected chi connectivity index (χ3v) is 3.63. The van der Waals surface area contributed by atoms with Crippen LogP contribution in [0.15, 0.2) is 18.2 Å². The van der Waals surface area contributed by atoms with Gasteiger partial charge in [-0.15, -0.1) is 0 Å². The Hall–Kier alpha value is -2.04. The molecule has 1 aliphatic rings. The Bertz CT molecular complexity index is 555. The number of fused-ring (bicyclic) bond motifs is 1. The van der Waals surface area contributed by atoms with Crippen LogP contribution < -0.4 is 5.32 Å². The second kappa shape index (κ2) is 7.29. The zero-order chi connectivity index (χ0) is 16.1. The fraction of sp³-hybridized carbons (Fsp3) is 0.529. The monoisotopic (exact) mass is 304 g/mol. The fourth-order valence-electron chi connectivity index (χ4n) is 2.70. The minimum Gasteiger partial charge on any atom is -0.465 e. The number of esters is 1. The number of hydrogen-bond donors (Lipinski definition) is 1. The summed E-state index contributed by atoms with van der Waals surface area (Å²) in [5.41, 5.74) is 2.99. The predicted molar refractivity (Wildman–Crippen MR) is 85.5 cm³/mol. The Morgan fingerprint density at radius 1 is 1.41 bits per heavy atom. The summed E-state index contributed by atoms with van der Waals surface area (Å²) >= 11 is 0. The normalized spacial score (nSPS) is 14.0. The average molecular weight is 304 g/mol. The van der Waals surface area contributed by atoms with Crippen LogP contribution in [-0.4, -0.2) is 36.5 Å². The Labute approximate surface area is 131 Å². The molecule has 5 heteroatoms. The van der Waals surface area contributed by atoms with Gasteiger partial charge in [0, 0.05) is 18.8 Å². The topological polar surface area (TPSA) is 58.6 Å². The van der Waals surface area contributed by atoms with E-state index >= 15 is 0 Å². The third-order valence-electron chi connectivity index (χ3n) is 3.63. The Balaban J connectivity index is 2.10. The van der Waals surface area contributed by atoms with Gasteiger partial charge in [-0.1, -0.05) is 26.0 Å². The number of ether oxygens (including phenoxy) is 1. The summed E-state index contributed by atoms with van der Waals surface area (Å²) in [6.45, 7) is 7.91. The van der Waals surface area contributed by atoms with Crippen LogP contribution in [0, 0.1) is 5.92 Å². The smallest absolute Gasteiger partial charge is 0.325 e. The summed E-state index contributed by atoms with van der Waals surface area (Å²) < 4.78 is 4.91. The molecule has 0 spiro atoms. The van der Waals surface area contributed by atoms with E-state index in [1.807, 2.05) is 23.1 Å². The number of benzene rings is 1. The quantitative estimate of drug-likeness (QED) is 0.819. The highest BCUT2D eigenvalue weighted by Crippen LogP contribution is 2.27. The minimum atomic E-state index is -0.288. The average Bonchev–Trinajstić information content (AvgIpc) is 2.46. The number of carbonyl (C=O) groups excluding carboxylic acids is 2. The van der Waals surface area contributed by atoms with Crippen molar-refractivity contribution in [3.05, 3.63) is 29.3 Å². The Morgan fingerprint density at radius 3 is 2.86 bits per heavy atom. The van der Waals surface area contributed by atoms with Crippen molar-refractivity contribution >= 4 is 17.6 Å². The molecule has 1 aliphatic heterocycles. The molecule has 1 aromatic rings. The van der Waals surface area contributed by atoms with Crippen molar-refractivity contribution in [3.63, 3.8) is 0 Å². The summed E-state index contributed by atoms with van der Waals surface area (Å²) in [5.74, 6) is 0.311. The van der Waals surface area contributed by atoms with E-state index in [1.165, 1.54) is 0 Å². The van der Waals surface area contributed by atoms with Crippen molar-refractivity contribution in [1.82, 2.24) is 4.90 Å². The van der Waals surface area contributed by atoms with Crippen molar-refractivity contribution in [3.8, 4) is 0 Å². The van der Waals surface area contributed by atoms with Crippen molar-refractivity contribution in [2.24, 2.45) is 5.92 Å². The van der Waals surface area contributed by atoms with Gasteiger partial charge in [-0.3, -0.25) is 9.59 Å². The highest BCUT2D eigenvalue weighted by atomic mass is 16.5. The van der Waals surface area contributed by atoms with E-state index in [4.69, 9.17) is 4.74 Å². The van der Waals surface area contributed by atoms with Gasteiger partial charge in [-0.2, -0.15) is 0 Å². The van der Waals surface area contributed by atoms with E-state index in [9.17, 15) is 9.59 Å². The molecule has 0 aliphatic carbocycles. The van der Waals surface area contributed by atoms with Gasteiger partial charge in [0.05, 0.1) is 13.0 Å². The summed E-state index contributed by atoms with van der Waals surface area (Å²) in [7, 11) is 0. The molecule has 22 heavy (non-hydrogen) atoms. The number of rotatable bonds is 6. The van der Waals surface area contributed by atoms with Gasteiger partial charge in [0.15, 0.2) is 0 Å². The van der Waals surface area contributed by atoms with E-state index < -0.39 is 0 Å². The molecule has 1 aromatic carbocycles. The molecule has 0 atom stereocenters. The molecule has 0 saturated heterocycles. The molecule has 5 nitrogen and oxygen atoms in total. The Kier molecular flexibility index (Phi) is 5.41. The van der Waals surface area contributed by atoms with Gasteiger partial charge in [0.1, 0.15) is 6.54 Å². The van der Waals surface area contributed by atoms with Crippen LogP contribution in [0.2, 0.25) is 0 Å². The minimum absolute atomic E-state index is 0.119. The molecular formula is C17H24N2O3. The summed E-state index contributed by atoms with van der Waals surface area (Å²) in [6.07, 6.45) is 0.383. The molecule has 1 heterocycles. The summed E-state index contributed by atoms with van der Waals surface area (Å²) in [4.78, 5) is 25.7. The maximum Gasteiger partial charge on any atom is 0.325 e. The first-order chi connectivity index (χ1) is 10.5. The van der Waals surface area contributed by atoms with Crippen LogP contribution in [-0.2, 0) is 27.3 Å². The predicted octanol–water partition coefficient (Wildman–Crippen LogP) is 2.20. The number of nitrogens with zero attached hydrogens (tertiary/aromatic N) is 1. The lowest BCUT2D eigenvalue weighted by molar-refractivity contribution is -0.140. The van der Waals surface area contributed by atoms with Crippen molar-refractivity contribution in [2.75, 3.05) is 25.0 Å². The van der Waals surface area contributed by atoms with Gasteiger partial charge in [-0.05, 0) is 30.0 Å². The molecule has 0 aromatic heterocycles. The lowest BCUT2D eigenvalue weighted by Crippen LogP contribution is -2.38. The van der Waals surface area contributed by atoms with Gasteiger partial charge in [-0.25, -0.2) is 0 Å². The van der Waals surface area contributed by atoms with Crippen LogP contribution in [0.5, 0.6) is 0 Å². The van der Waals surface area contributed by atoms with Crippen LogP contribution in [0.3, 0.4) is 0 Å². The molecule has 0 radical (unpaired) electrons.